The topological polar surface area (TPSA) is 38.5 Å². The largest absolute Gasteiger partial charge is 0.494 e. The van der Waals surface area contributed by atoms with Crippen LogP contribution in [0.5, 0.6) is 5.75 Å². The summed E-state index contributed by atoms with van der Waals surface area (Å²) in [6.07, 6.45) is 2.40. The molecule has 5 heteroatoms. The van der Waals surface area contributed by atoms with Gasteiger partial charge in [0, 0.05) is 24.8 Å². The number of anilines is 1. The van der Waals surface area contributed by atoms with Gasteiger partial charge in [-0.05, 0) is 68.0 Å². The van der Waals surface area contributed by atoms with Crippen LogP contribution >= 0.6 is 24.8 Å². The van der Waals surface area contributed by atoms with Crippen molar-refractivity contribution in [2.24, 2.45) is 5.73 Å². The second kappa shape index (κ2) is 10.7. The van der Waals surface area contributed by atoms with Gasteiger partial charge >= 0.3 is 0 Å². The molecule has 3 nitrogen and oxygen atoms in total. The van der Waals surface area contributed by atoms with Gasteiger partial charge in [0.15, 0.2) is 0 Å². The minimum absolute atomic E-state index is 0. The first-order valence-corrected chi connectivity index (χ1v) is 9.00. The summed E-state index contributed by atoms with van der Waals surface area (Å²) in [6.45, 7) is 6.97. The lowest BCUT2D eigenvalue weighted by molar-refractivity contribution is 0.340. The van der Waals surface area contributed by atoms with Crippen LogP contribution < -0.4 is 15.4 Å². The summed E-state index contributed by atoms with van der Waals surface area (Å²) in [7, 11) is 0. The quantitative estimate of drug-likeness (QED) is 0.741. The fourth-order valence-electron chi connectivity index (χ4n) is 3.46. The fraction of sp³-hybridized carbons (Fsp3) is 0.429. The predicted molar refractivity (Wildman–Crippen MR) is 115 cm³/mol. The zero-order valence-electron chi connectivity index (χ0n) is 15.6. The first kappa shape index (κ1) is 22.6. The van der Waals surface area contributed by atoms with Crippen LogP contribution in [0.3, 0.4) is 0 Å². The Bertz CT molecular complexity index is 636. The molecular formula is C21H30Cl2N2O. The Kier molecular flexibility index (Phi) is 9.28. The normalized spacial score (nSPS) is 15.6. The molecule has 0 saturated carbocycles. The molecule has 144 valence electrons. The average Bonchev–Trinajstić information content (AvgIpc) is 2.63. The fourth-order valence-corrected chi connectivity index (χ4v) is 3.46. The molecule has 0 aliphatic carbocycles. The van der Waals surface area contributed by atoms with Crippen LogP contribution in [0.4, 0.5) is 5.69 Å². The van der Waals surface area contributed by atoms with Crippen LogP contribution in [0.1, 0.15) is 49.8 Å². The van der Waals surface area contributed by atoms with Crippen molar-refractivity contribution in [2.45, 2.75) is 38.6 Å². The number of benzene rings is 2. The maximum atomic E-state index is 5.94. The van der Waals surface area contributed by atoms with E-state index < -0.39 is 0 Å². The van der Waals surface area contributed by atoms with E-state index in [1.165, 1.54) is 29.7 Å². The van der Waals surface area contributed by atoms with Gasteiger partial charge in [-0.15, -0.1) is 24.8 Å². The highest BCUT2D eigenvalue weighted by atomic mass is 35.5. The molecule has 2 aromatic carbocycles. The number of hydrogen-bond acceptors (Lipinski definition) is 3. The lowest BCUT2D eigenvalue weighted by Gasteiger charge is -2.34. The lowest BCUT2D eigenvalue weighted by atomic mass is 9.88. The second-order valence-electron chi connectivity index (χ2n) is 6.64. The molecule has 2 N–H and O–H groups in total. The van der Waals surface area contributed by atoms with Crippen molar-refractivity contribution in [1.82, 2.24) is 0 Å². The highest BCUT2D eigenvalue weighted by Gasteiger charge is 2.21. The Hall–Kier alpha value is -1.42. The van der Waals surface area contributed by atoms with Crippen LogP contribution in [-0.4, -0.2) is 19.7 Å². The van der Waals surface area contributed by atoms with E-state index in [0.29, 0.717) is 12.5 Å². The summed E-state index contributed by atoms with van der Waals surface area (Å²) in [6, 6.07) is 17.5. The van der Waals surface area contributed by atoms with Gasteiger partial charge in [0.1, 0.15) is 5.75 Å². The highest BCUT2D eigenvalue weighted by molar-refractivity contribution is 5.85. The maximum Gasteiger partial charge on any atom is 0.119 e. The maximum absolute atomic E-state index is 5.94. The number of ether oxygens (including phenoxy) is 1. The van der Waals surface area contributed by atoms with Gasteiger partial charge in [-0.25, -0.2) is 0 Å². The van der Waals surface area contributed by atoms with Crippen molar-refractivity contribution in [3.8, 4) is 5.75 Å². The molecular weight excluding hydrogens is 367 g/mol. The third-order valence-electron chi connectivity index (χ3n) is 4.94. The molecule has 1 aliphatic rings. The summed E-state index contributed by atoms with van der Waals surface area (Å²) in [5.74, 6) is 1.61. The van der Waals surface area contributed by atoms with Crippen molar-refractivity contribution in [3.63, 3.8) is 0 Å². The molecule has 0 amide bonds. The van der Waals surface area contributed by atoms with E-state index in [-0.39, 0.29) is 30.9 Å². The molecule has 1 aliphatic heterocycles. The third-order valence-corrected chi connectivity index (χ3v) is 4.94. The number of halogens is 2. The monoisotopic (exact) mass is 396 g/mol. The Balaban J connectivity index is 0.00000169. The second-order valence-corrected chi connectivity index (χ2v) is 6.64. The van der Waals surface area contributed by atoms with E-state index in [1.54, 1.807) is 0 Å². The van der Waals surface area contributed by atoms with Crippen molar-refractivity contribution in [1.29, 1.82) is 0 Å². The van der Waals surface area contributed by atoms with Crippen molar-refractivity contribution < 1.29 is 4.74 Å². The zero-order valence-corrected chi connectivity index (χ0v) is 17.2. The van der Waals surface area contributed by atoms with E-state index in [0.717, 1.165) is 18.8 Å². The highest BCUT2D eigenvalue weighted by Crippen LogP contribution is 2.31. The van der Waals surface area contributed by atoms with E-state index in [2.05, 4.69) is 53.4 Å². The number of piperidine rings is 1. The molecule has 1 atom stereocenters. The van der Waals surface area contributed by atoms with E-state index in [4.69, 9.17) is 10.5 Å². The van der Waals surface area contributed by atoms with Crippen LogP contribution in [0.2, 0.25) is 0 Å². The molecule has 0 aromatic heterocycles. The summed E-state index contributed by atoms with van der Waals surface area (Å²) in [4.78, 5) is 2.47. The molecule has 1 heterocycles. The Morgan fingerprint density at radius 1 is 1.00 bits per heavy atom. The lowest BCUT2D eigenvalue weighted by Crippen LogP contribution is -2.32. The van der Waals surface area contributed by atoms with Crippen LogP contribution in [0.15, 0.2) is 48.5 Å². The Morgan fingerprint density at radius 2 is 1.58 bits per heavy atom. The molecule has 3 rings (SSSR count). The summed E-state index contributed by atoms with van der Waals surface area (Å²) >= 11 is 0. The number of nitrogens with zero attached hydrogens (tertiary/aromatic N) is 1. The van der Waals surface area contributed by atoms with Gasteiger partial charge in [-0.3, -0.25) is 0 Å². The van der Waals surface area contributed by atoms with Crippen molar-refractivity contribution >= 4 is 30.5 Å². The Morgan fingerprint density at radius 3 is 2.08 bits per heavy atom. The molecule has 0 spiro atoms. The van der Waals surface area contributed by atoms with Crippen molar-refractivity contribution in [2.75, 3.05) is 24.6 Å². The Labute approximate surface area is 169 Å². The SMILES string of the molecule is CCOc1ccc(N2CCC(c3ccc([C@H](C)N)cc3)CC2)cc1.Cl.Cl. The minimum atomic E-state index is 0. The van der Waals surface area contributed by atoms with Crippen LogP contribution in [0, 0.1) is 0 Å². The van der Waals surface area contributed by atoms with Gasteiger partial charge in [-0.2, -0.15) is 0 Å². The van der Waals surface area contributed by atoms with Crippen LogP contribution in [-0.2, 0) is 0 Å². The first-order valence-electron chi connectivity index (χ1n) is 9.00. The van der Waals surface area contributed by atoms with Gasteiger partial charge < -0.3 is 15.4 Å². The van der Waals surface area contributed by atoms with Gasteiger partial charge in [0.05, 0.1) is 6.61 Å². The zero-order chi connectivity index (χ0) is 16.9. The molecule has 0 bridgehead atoms. The molecule has 26 heavy (non-hydrogen) atoms. The predicted octanol–water partition coefficient (Wildman–Crippen LogP) is 5.33. The van der Waals surface area contributed by atoms with Crippen molar-refractivity contribution in [3.05, 3.63) is 59.7 Å². The number of nitrogens with two attached hydrogens (primary N) is 1. The van der Waals surface area contributed by atoms with Gasteiger partial charge in [0.25, 0.3) is 0 Å². The first-order chi connectivity index (χ1) is 11.7. The molecule has 1 saturated heterocycles. The minimum Gasteiger partial charge on any atom is -0.494 e. The smallest absolute Gasteiger partial charge is 0.119 e. The molecule has 0 radical (unpaired) electrons. The van der Waals surface area contributed by atoms with Gasteiger partial charge in [-0.1, -0.05) is 24.3 Å². The van der Waals surface area contributed by atoms with Crippen LogP contribution in [0.25, 0.3) is 0 Å². The molecule has 2 aromatic rings. The summed E-state index contributed by atoms with van der Waals surface area (Å²) in [5, 5.41) is 0. The standard InChI is InChI=1S/C21H28N2O.2ClH/c1-3-24-21-10-8-20(9-11-21)23-14-12-19(13-15-23)18-6-4-17(5-7-18)16(2)22;;/h4-11,16,19H,3,12-15,22H2,1-2H3;2*1H/t16-;;/m0../s1. The third kappa shape index (κ3) is 5.54. The van der Waals surface area contributed by atoms with E-state index in [9.17, 15) is 0 Å². The molecule has 1 fully saturated rings. The number of rotatable bonds is 5. The average molecular weight is 397 g/mol. The summed E-state index contributed by atoms with van der Waals surface area (Å²) in [5.41, 5.74) is 9.90. The van der Waals surface area contributed by atoms with E-state index >= 15 is 0 Å². The number of hydrogen-bond donors (Lipinski definition) is 1. The molecule has 0 unspecified atom stereocenters. The van der Waals surface area contributed by atoms with E-state index in [1.807, 2.05) is 13.8 Å². The summed E-state index contributed by atoms with van der Waals surface area (Å²) < 4.78 is 5.52. The van der Waals surface area contributed by atoms with Gasteiger partial charge in [0.2, 0.25) is 0 Å².